The van der Waals surface area contributed by atoms with Crippen LogP contribution in [-0.4, -0.2) is 21.3 Å². The van der Waals surface area contributed by atoms with Gasteiger partial charge in [0.25, 0.3) is 0 Å². The van der Waals surface area contributed by atoms with Crippen molar-refractivity contribution in [1.82, 2.24) is 9.55 Å². The van der Waals surface area contributed by atoms with E-state index in [1.54, 1.807) is 12.3 Å². The maximum atomic E-state index is 12.0. The van der Waals surface area contributed by atoms with Crippen LogP contribution in [0.3, 0.4) is 0 Å². The third-order valence-corrected chi connectivity index (χ3v) is 3.77. The molecule has 6 heteroatoms. The smallest absolute Gasteiger partial charge is 0.351 e. The summed E-state index contributed by atoms with van der Waals surface area (Å²) in [5, 5.41) is 9.87. The number of aromatic nitrogens is 2. The Hall–Kier alpha value is -2.44. The molecule has 6 nitrogen and oxygen atoms in total. The number of nitrogens with two attached hydrogens (primary N) is 1. The predicted octanol–water partition coefficient (Wildman–Crippen LogP) is 1.19. The average molecular weight is 299 g/mol. The summed E-state index contributed by atoms with van der Waals surface area (Å²) in [5.74, 6) is 0.164. The lowest BCUT2D eigenvalue weighted by Crippen LogP contribution is -2.33. The molecule has 0 unspecified atom stereocenters. The van der Waals surface area contributed by atoms with Crippen LogP contribution in [0.4, 0.5) is 5.82 Å². The van der Waals surface area contributed by atoms with Crippen molar-refractivity contribution in [1.29, 1.82) is 0 Å². The van der Waals surface area contributed by atoms with E-state index in [2.05, 4.69) is 4.98 Å². The van der Waals surface area contributed by atoms with E-state index in [1.165, 1.54) is 4.57 Å². The van der Waals surface area contributed by atoms with Gasteiger partial charge in [0, 0.05) is 6.20 Å². The molecule has 1 aliphatic heterocycles. The quantitative estimate of drug-likeness (QED) is 0.831. The summed E-state index contributed by atoms with van der Waals surface area (Å²) in [4.78, 5) is 15.7. The van der Waals surface area contributed by atoms with Gasteiger partial charge < -0.3 is 15.6 Å². The third kappa shape index (κ3) is 2.32. The molecule has 114 valence electrons. The molecule has 1 aromatic carbocycles. The molecule has 1 aromatic heterocycles. The fraction of sp³-hybridized carbons (Fsp3) is 0.250. The van der Waals surface area contributed by atoms with E-state index < -0.39 is 17.5 Å². The van der Waals surface area contributed by atoms with Gasteiger partial charge in [-0.2, -0.15) is 4.98 Å². The number of aliphatic hydroxyl groups is 1. The van der Waals surface area contributed by atoms with Crippen LogP contribution in [0.2, 0.25) is 0 Å². The average Bonchev–Trinajstić information content (AvgIpc) is 2.86. The molecule has 0 aliphatic carbocycles. The van der Waals surface area contributed by atoms with E-state index in [4.69, 9.17) is 10.5 Å². The van der Waals surface area contributed by atoms with Gasteiger partial charge >= 0.3 is 5.69 Å². The lowest BCUT2D eigenvalue weighted by Gasteiger charge is -2.28. The molecule has 0 spiro atoms. The maximum Gasteiger partial charge on any atom is 0.351 e. The van der Waals surface area contributed by atoms with E-state index in [1.807, 2.05) is 43.3 Å². The van der Waals surface area contributed by atoms with Crippen LogP contribution in [0, 0.1) is 0 Å². The van der Waals surface area contributed by atoms with Crippen molar-refractivity contribution in [3.63, 3.8) is 0 Å². The van der Waals surface area contributed by atoms with Crippen LogP contribution in [0.25, 0.3) is 0 Å². The second-order valence-electron chi connectivity index (χ2n) is 5.31. The highest BCUT2D eigenvalue weighted by Crippen LogP contribution is 2.41. The summed E-state index contributed by atoms with van der Waals surface area (Å²) in [7, 11) is 0. The number of nitrogen functional groups attached to an aromatic ring is 1. The highest BCUT2D eigenvalue weighted by atomic mass is 16.5. The topological polar surface area (TPSA) is 90.4 Å². The Morgan fingerprint density at radius 3 is 2.73 bits per heavy atom. The number of nitrogens with zero attached hydrogens (tertiary/aromatic N) is 2. The van der Waals surface area contributed by atoms with Crippen LogP contribution < -0.4 is 11.4 Å². The number of hydrogen-bond donors (Lipinski definition) is 2. The van der Waals surface area contributed by atoms with Gasteiger partial charge in [0.1, 0.15) is 11.4 Å². The standard InChI is InChI=1S/C16H17N3O3/c1-11-9-16(10-20,12-5-3-2-4-6-12)22-14(11)19-8-7-13(17)18-15(19)21/h2-9,14,20H,10H2,1H3,(H2,17,18,21)/t14-,16+/m1/s1. The zero-order valence-electron chi connectivity index (χ0n) is 12.1. The number of aliphatic hydroxyl groups excluding tert-OH is 1. The van der Waals surface area contributed by atoms with E-state index in [-0.39, 0.29) is 12.4 Å². The minimum absolute atomic E-state index is 0.164. The zero-order valence-corrected chi connectivity index (χ0v) is 12.1. The maximum absolute atomic E-state index is 12.0. The predicted molar refractivity (Wildman–Crippen MR) is 82.0 cm³/mol. The summed E-state index contributed by atoms with van der Waals surface area (Å²) in [6, 6.07) is 11.0. The molecule has 0 radical (unpaired) electrons. The van der Waals surface area contributed by atoms with Gasteiger partial charge in [-0.25, -0.2) is 4.79 Å². The normalized spacial score (nSPS) is 24.3. The molecule has 22 heavy (non-hydrogen) atoms. The van der Waals surface area contributed by atoms with Crippen molar-refractivity contribution in [2.45, 2.75) is 18.8 Å². The Labute approximate surface area is 127 Å². The van der Waals surface area contributed by atoms with Gasteiger partial charge in [0.15, 0.2) is 6.23 Å². The van der Waals surface area contributed by atoms with Crippen molar-refractivity contribution < 1.29 is 9.84 Å². The van der Waals surface area contributed by atoms with Crippen LogP contribution in [0.5, 0.6) is 0 Å². The number of rotatable bonds is 3. The molecule has 2 atom stereocenters. The molecule has 0 fully saturated rings. The second-order valence-corrected chi connectivity index (χ2v) is 5.31. The summed E-state index contributed by atoms with van der Waals surface area (Å²) in [6.45, 7) is 1.63. The molecule has 1 aliphatic rings. The lowest BCUT2D eigenvalue weighted by molar-refractivity contribution is -0.0912. The Balaban J connectivity index is 2.02. The van der Waals surface area contributed by atoms with Crippen LogP contribution in [0.15, 0.2) is 59.0 Å². The van der Waals surface area contributed by atoms with Crippen LogP contribution in [0.1, 0.15) is 18.7 Å². The highest BCUT2D eigenvalue weighted by Gasteiger charge is 2.40. The second kappa shape index (κ2) is 5.40. The van der Waals surface area contributed by atoms with Gasteiger partial charge in [0.05, 0.1) is 6.61 Å². The molecule has 2 aromatic rings. The SMILES string of the molecule is CC1=C[C@](CO)(c2ccccc2)O[C@H]1n1ccc(N)nc1=O. The Morgan fingerprint density at radius 1 is 1.36 bits per heavy atom. The van der Waals surface area contributed by atoms with Crippen molar-refractivity contribution in [2.24, 2.45) is 0 Å². The third-order valence-electron chi connectivity index (χ3n) is 3.77. The van der Waals surface area contributed by atoms with Crippen molar-refractivity contribution in [2.75, 3.05) is 12.3 Å². The first-order chi connectivity index (χ1) is 10.6. The largest absolute Gasteiger partial charge is 0.393 e. The van der Waals surface area contributed by atoms with Gasteiger partial charge in [-0.05, 0) is 30.2 Å². The molecule has 3 rings (SSSR count). The van der Waals surface area contributed by atoms with E-state index in [9.17, 15) is 9.90 Å². The summed E-state index contributed by atoms with van der Waals surface area (Å²) in [6.07, 6.45) is 2.77. The minimum Gasteiger partial charge on any atom is -0.393 e. The van der Waals surface area contributed by atoms with Crippen molar-refractivity contribution in [3.05, 3.63) is 70.3 Å². The number of anilines is 1. The molecule has 0 saturated carbocycles. The first-order valence-electron chi connectivity index (χ1n) is 6.94. The minimum atomic E-state index is -0.961. The first-order valence-corrected chi connectivity index (χ1v) is 6.94. The summed E-state index contributed by atoms with van der Waals surface area (Å²) >= 11 is 0. The van der Waals surface area contributed by atoms with Gasteiger partial charge in [-0.3, -0.25) is 4.57 Å². The molecular weight excluding hydrogens is 282 g/mol. The van der Waals surface area contributed by atoms with Gasteiger partial charge in [0.2, 0.25) is 0 Å². The van der Waals surface area contributed by atoms with Gasteiger partial charge in [-0.15, -0.1) is 0 Å². The number of ether oxygens (including phenoxy) is 1. The molecular formula is C16H17N3O3. The molecule has 0 saturated heterocycles. The Morgan fingerprint density at radius 2 is 2.09 bits per heavy atom. The summed E-state index contributed by atoms with van der Waals surface area (Å²) in [5.41, 5.74) is 5.72. The zero-order chi connectivity index (χ0) is 15.7. The van der Waals surface area contributed by atoms with Crippen molar-refractivity contribution in [3.8, 4) is 0 Å². The van der Waals surface area contributed by atoms with Gasteiger partial charge in [-0.1, -0.05) is 30.3 Å². The monoisotopic (exact) mass is 299 g/mol. The fourth-order valence-electron chi connectivity index (χ4n) is 2.69. The molecule has 3 N–H and O–H groups in total. The highest BCUT2D eigenvalue weighted by molar-refractivity contribution is 5.33. The van der Waals surface area contributed by atoms with E-state index in [0.717, 1.165) is 11.1 Å². The first kappa shape index (κ1) is 14.5. The Bertz CT molecular complexity index is 770. The van der Waals surface area contributed by atoms with Crippen LogP contribution >= 0.6 is 0 Å². The van der Waals surface area contributed by atoms with E-state index >= 15 is 0 Å². The molecule has 2 heterocycles. The lowest BCUT2D eigenvalue weighted by atomic mass is 9.94. The number of hydrogen-bond acceptors (Lipinski definition) is 5. The molecule has 0 amide bonds. The Kier molecular flexibility index (Phi) is 3.56. The molecule has 0 bridgehead atoms. The van der Waals surface area contributed by atoms with E-state index in [0.29, 0.717) is 0 Å². The van der Waals surface area contributed by atoms with Crippen molar-refractivity contribution >= 4 is 5.82 Å². The fourth-order valence-corrected chi connectivity index (χ4v) is 2.69. The number of benzene rings is 1. The van der Waals surface area contributed by atoms with Crippen LogP contribution in [-0.2, 0) is 10.3 Å². The summed E-state index contributed by atoms with van der Waals surface area (Å²) < 4.78 is 7.41.